The van der Waals surface area contributed by atoms with E-state index in [9.17, 15) is 9.59 Å². The van der Waals surface area contributed by atoms with Gasteiger partial charge >= 0.3 is 5.97 Å². The molecule has 0 aliphatic carbocycles. The molecule has 1 N–H and O–H groups in total. The number of anilines is 1. The minimum atomic E-state index is -0.494. The smallest absolute Gasteiger partial charge is 0.350 e. The van der Waals surface area contributed by atoms with E-state index in [4.69, 9.17) is 13.9 Å². The number of ether oxygens (including phenoxy) is 2. The van der Waals surface area contributed by atoms with Gasteiger partial charge in [-0.2, -0.15) is 0 Å². The van der Waals surface area contributed by atoms with Crippen molar-refractivity contribution in [3.8, 4) is 5.75 Å². The number of benzene rings is 1. The van der Waals surface area contributed by atoms with Crippen LogP contribution in [-0.4, -0.2) is 26.1 Å². The maximum atomic E-state index is 12.5. The van der Waals surface area contributed by atoms with Crippen LogP contribution in [0.2, 0.25) is 0 Å². The molecular weight excluding hydrogens is 330 g/mol. The van der Waals surface area contributed by atoms with Crippen LogP contribution in [0.25, 0.3) is 11.0 Å². The molecule has 2 heterocycles. The van der Waals surface area contributed by atoms with E-state index in [0.717, 1.165) is 5.39 Å². The second-order valence-electron chi connectivity index (χ2n) is 5.03. The number of rotatable bonds is 4. The van der Waals surface area contributed by atoms with Crippen LogP contribution in [0.5, 0.6) is 5.75 Å². The Morgan fingerprint density at radius 1 is 1.21 bits per heavy atom. The van der Waals surface area contributed by atoms with Gasteiger partial charge in [0.1, 0.15) is 16.2 Å². The molecule has 24 heavy (non-hydrogen) atoms. The van der Waals surface area contributed by atoms with Crippen molar-refractivity contribution >= 4 is 39.9 Å². The van der Waals surface area contributed by atoms with E-state index < -0.39 is 11.9 Å². The molecule has 0 atom stereocenters. The SMILES string of the molecule is COC(=O)c1sccc1NC(=O)c1oc2ccc(OC)cc2c1C. The van der Waals surface area contributed by atoms with Crippen LogP contribution >= 0.6 is 11.3 Å². The fourth-order valence-corrected chi connectivity index (χ4v) is 3.15. The summed E-state index contributed by atoms with van der Waals surface area (Å²) in [6.07, 6.45) is 0. The predicted octanol–water partition coefficient (Wildman–Crippen LogP) is 3.85. The second kappa shape index (κ2) is 6.37. The van der Waals surface area contributed by atoms with Gasteiger partial charge in [0.25, 0.3) is 5.91 Å². The number of carbonyl (C=O) groups is 2. The van der Waals surface area contributed by atoms with Crippen molar-refractivity contribution in [3.63, 3.8) is 0 Å². The van der Waals surface area contributed by atoms with Crippen molar-refractivity contribution in [3.05, 3.63) is 45.8 Å². The van der Waals surface area contributed by atoms with Gasteiger partial charge in [-0.25, -0.2) is 4.79 Å². The standard InChI is InChI=1S/C17H15NO5S/c1-9-11-8-10(21-2)4-5-13(11)23-14(9)16(19)18-12-6-7-24-15(12)17(20)22-3/h4-8H,1-3H3,(H,18,19). The van der Waals surface area contributed by atoms with E-state index in [2.05, 4.69) is 5.32 Å². The molecule has 0 saturated heterocycles. The van der Waals surface area contributed by atoms with Crippen molar-refractivity contribution < 1.29 is 23.5 Å². The number of nitrogens with one attached hydrogen (secondary N) is 1. The highest BCUT2D eigenvalue weighted by Gasteiger charge is 2.21. The fourth-order valence-electron chi connectivity index (χ4n) is 2.38. The molecule has 0 unspecified atom stereocenters. The lowest BCUT2D eigenvalue weighted by molar-refractivity contribution is 0.0607. The van der Waals surface area contributed by atoms with Gasteiger partial charge < -0.3 is 19.2 Å². The van der Waals surface area contributed by atoms with Gasteiger partial charge in [0.15, 0.2) is 5.76 Å². The molecule has 1 aromatic carbocycles. The van der Waals surface area contributed by atoms with E-state index in [1.54, 1.807) is 37.6 Å². The number of esters is 1. The van der Waals surface area contributed by atoms with Crippen LogP contribution in [0.4, 0.5) is 5.69 Å². The van der Waals surface area contributed by atoms with Crippen LogP contribution in [0.15, 0.2) is 34.1 Å². The molecule has 3 rings (SSSR count). The summed E-state index contributed by atoms with van der Waals surface area (Å²) in [5, 5.41) is 5.21. The number of fused-ring (bicyclic) bond motifs is 1. The molecule has 3 aromatic rings. The van der Waals surface area contributed by atoms with Crippen LogP contribution in [0, 0.1) is 6.92 Å². The zero-order valence-corrected chi connectivity index (χ0v) is 14.2. The molecule has 124 valence electrons. The molecule has 0 radical (unpaired) electrons. The fraction of sp³-hybridized carbons (Fsp3) is 0.176. The third-order valence-electron chi connectivity index (χ3n) is 3.63. The lowest BCUT2D eigenvalue weighted by atomic mass is 10.1. The Labute approximate surface area is 142 Å². The van der Waals surface area contributed by atoms with Gasteiger partial charge in [-0.3, -0.25) is 4.79 Å². The first-order valence-electron chi connectivity index (χ1n) is 7.09. The highest BCUT2D eigenvalue weighted by molar-refractivity contribution is 7.12. The summed E-state index contributed by atoms with van der Waals surface area (Å²) >= 11 is 1.20. The van der Waals surface area contributed by atoms with E-state index >= 15 is 0 Å². The number of carbonyl (C=O) groups excluding carboxylic acids is 2. The molecule has 0 saturated carbocycles. The van der Waals surface area contributed by atoms with Crippen molar-refractivity contribution in [1.82, 2.24) is 0 Å². The highest BCUT2D eigenvalue weighted by Crippen LogP contribution is 2.30. The zero-order valence-electron chi connectivity index (χ0n) is 13.3. The summed E-state index contributed by atoms with van der Waals surface area (Å²) < 4.78 is 15.6. The van der Waals surface area contributed by atoms with E-state index in [1.165, 1.54) is 18.4 Å². The van der Waals surface area contributed by atoms with Gasteiger partial charge in [0, 0.05) is 10.9 Å². The maximum absolute atomic E-state index is 12.5. The topological polar surface area (TPSA) is 77.8 Å². The largest absolute Gasteiger partial charge is 0.497 e. The summed E-state index contributed by atoms with van der Waals surface area (Å²) in [6.45, 7) is 1.80. The molecular formula is C17H15NO5S. The van der Waals surface area contributed by atoms with Crippen LogP contribution in [-0.2, 0) is 4.74 Å². The number of methoxy groups -OCH3 is 2. The number of hydrogen-bond donors (Lipinski definition) is 1. The van der Waals surface area contributed by atoms with Crippen molar-refractivity contribution in [2.24, 2.45) is 0 Å². The quantitative estimate of drug-likeness (QED) is 0.727. The van der Waals surface area contributed by atoms with Gasteiger partial charge in [0.2, 0.25) is 0 Å². The zero-order chi connectivity index (χ0) is 17.3. The monoisotopic (exact) mass is 345 g/mol. The molecule has 2 aromatic heterocycles. The molecule has 0 spiro atoms. The lowest BCUT2D eigenvalue weighted by Crippen LogP contribution is -2.14. The molecule has 0 aliphatic heterocycles. The molecule has 1 amide bonds. The van der Waals surface area contributed by atoms with Gasteiger partial charge in [-0.1, -0.05) is 0 Å². The number of thiophene rings is 1. The van der Waals surface area contributed by atoms with Crippen LogP contribution < -0.4 is 10.1 Å². The first-order chi connectivity index (χ1) is 11.5. The lowest BCUT2D eigenvalue weighted by Gasteiger charge is -2.04. The summed E-state index contributed by atoms with van der Waals surface area (Å²) in [5.74, 6) is -0.0398. The Kier molecular flexibility index (Phi) is 4.26. The predicted molar refractivity (Wildman–Crippen MR) is 91.1 cm³/mol. The number of amides is 1. The Morgan fingerprint density at radius 3 is 2.71 bits per heavy atom. The third kappa shape index (κ3) is 2.74. The van der Waals surface area contributed by atoms with Crippen molar-refractivity contribution in [1.29, 1.82) is 0 Å². The first-order valence-corrected chi connectivity index (χ1v) is 7.97. The van der Waals surface area contributed by atoms with Crippen LogP contribution in [0.3, 0.4) is 0 Å². The minimum absolute atomic E-state index is 0.195. The summed E-state index contributed by atoms with van der Waals surface area (Å²) in [5.41, 5.74) is 1.70. The van der Waals surface area contributed by atoms with Gasteiger partial charge in [-0.15, -0.1) is 11.3 Å². The first kappa shape index (κ1) is 16.1. The van der Waals surface area contributed by atoms with E-state index in [-0.39, 0.29) is 5.76 Å². The van der Waals surface area contributed by atoms with E-state index in [0.29, 0.717) is 27.5 Å². The number of furan rings is 1. The van der Waals surface area contributed by atoms with Gasteiger partial charge in [0.05, 0.1) is 19.9 Å². The average Bonchev–Trinajstić information content (AvgIpc) is 3.18. The summed E-state index contributed by atoms with van der Waals surface area (Å²) in [6, 6.07) is 6.98. The molecule has 0 fully saturated rings. The Bertz CT molecular complexity index is 924. The normalized spacial score (nSPS) is 10.6. The van der Waals surface area contributed by atoms with Gasteiger partial charge in [-0.05, 0) is 36.6 Å². The number of aryl methyl sites for hydroxylation is 1. The molecule has 6 nitrogen and oxygen atoms in total. The Hall–Kier alpha value is -2.80. The third-order valence-corrected chi connectivity index (χ3v) is 4.53. The Morgan fingerprint density at radius 2 is 2.00 bits per heavy atom. The van der Waals surface area contributed by atoms with Crippen LogP contribution in [0.1, 0.15) is 25.8 Å². The summed E-state index contributed by atoms with van der Waals surface area (Å²) in [4.78, 5) is 24.6. The maximum Gasteiger partial charge on any atom is 0.350 e. The summed E-state index contributed by atoms with van der Waals surface area (Å²) in [7, 11) is 2.87. The van der Waals surface area contributed by atoms with Crippen molar-refractivity contribution in [2.75, 3.05) is 19.5 Å². The van der Waals surface area contributed by atoms with E-state index in [1.807, 2.05) is 6.07 Å². The molecule has 0 aliphatic rings. The minimum Gasteiger partial charge on any atom is -0.497 e. The highest BCUT2D eigenvalue weighted by atomic mass is 32.1. The second-order valence-corrected chi connectivity index (χ2v) is 5.94. The van der Waals surface area contributed by atoms with Crippen molar-refractivity contribution in [2.45, 2.75) is 6.92 Å². The average molecular weight is 345 g/mol. The molecule has 0 bridgehead atoms. The molecule has 7 heteroatoms. The number of hydrogen-bond acceptors (Lipinski definition) is 6. The Balaban J connectivity index is 1.93.